The molecule has 3 N–H and O–H groups in total. The van der Waals surface area contributed by atoms with Gasteiger partial charge in [0.15, 0.2) is 5.75 Å². The summed E-state index contributed by atoms with van der Waals surface area (Å²) >= 11 is 11.8. The summed E-state index contributed by atoms with van der Waals surface area (Å²) in [7, 11) is 0. The molecule has 2 atom stereocenters. The molecular weight excluding hydrogens is 505 g/mol. The molecule has 8 nitrogen and oxygen atoms in total. The van der Waals surface area contributed by atoms with Crippen molar-refractivity contribution in [1.29, 1.82) is 0 Å². The Morgan fingerprint density at radius 2 is 1.97 bits per heavy atom. The average Bonchev–Trinajstić information content (AvgIpc) is 3.34. The largest absolute Gasteiger partial charge is 0.410 e. The Morgan fingerprint density at radius 1 is 1.20 bits per heavy atom. The lowest BCUT2D eigenvalue weighted by Gasteiger charge is -2.24. The molecule has 3 aromatic rings. The predicted octanol–water partition coefficient (Wildman–Crippen LogP) is 3.80. The van der Waals surface area contributed by atoms with E-state index in [4.69, 9.17) is 33.7 Å². The Bertz CT molecular complexity index is 1320. The minimum absolute atomic E-state index is 0.0861. The molecule has 0 saturated carbocycles. The third-order valence-electron chi connectivity index (χ3n) is 5.68. The van der Waals surface area contributed by atoms with E-state index in [0.717, 1.165) is 4.90 Å². The number of carbonyl (C=O) groups excluding carboxylic acids is 3. The first kappa shape index (κ1) is 24.7. The van der Waals surface area contributed by atoms with Gasteiger partial charge in [-0.1, -0.05) is 35.3 Å². The highest BCUT2D eigenvalue weighted by Gasteiger charge is 2.39. The fraction of sp³-hybridized carbons (Fsp3) is 0.261. The van der Waals surface area contributed by atoms with Crippen molar-refractivity contribution in [3.8, 4) is 5.75 Å². The zero-order valence-corrected chi connectivity index (χ0v) is 19.7. The summed E-state index contributed by atoms with van der Waals surface area (Å²) in [5, 5.41) is 3.33. The highest BCUT2D eigenvalue weighted by atomic mass is 35.5. The van der Waals surface area contributed by atoms with Crippen molar-refractivity contribution >= 4 is 52.0 Å². The van der Waals surface area contributed by atoms with Crippen LogP contribution in [0.5, 0.6) is 5.75 Å². The number of likely N-dealkylation sites (tertiary alicyclic amines) is 1. The second-order valence-electron chi connectivity index (χ2n) is 8.03. The minimum Gasteiger partial charge on any atom is -0.408 e. The van der Waals surface area contributed by atoms with Crippen LogP contribution in [-0.2, 0) is 22.7 Å². The van der Waals surface area contributed by atoms with Crippen molar-refractivity contribution in [2.75, 3.05) is 6.54 Å². The normalized spacial score (nSPS) is 17.5. The fourth-order valence-corrected chi connectivity index (χ4v) is 4.44. The number of aromatic nitrogens is 1. The summed E-state index contributed by atoms with van der Waals surface area (Å²) in [5.41, 5.74) is 5.77. The van der Waals surface area contributed by atoms with Crippen molar-refractivity contribution in [2.24, 2.45) is 5.73 Å². The Kier molecular flexibility index (Phi) is 7.13. The molecule has 184 valence electrons. The Balaban J connectivity index is 1.52. The number of hydrogen-bond acceptors (Lipinski definition) is 4. The summed E-state index contributed by atoms with van der Waals surface area (Å²) in [6, 6.07) is 8.07. The SMILES string of the molecule is NC(=O)Oc1cn(CC(=O)N2C[C@H](F)C[C@H]2C(=O)NCc2cccc(Cl)c2F)c2cc(Cl)ccc12. The smallest absolute Gasteiger partial charge is 0.408 e. The van der Waals surface area contributed by atoms with E-state index in [1.165, 1.54) is 22.9 Å². The lowest BCUT2D eigenvalue weighted by molar-refractivity contribution is -0.139. The zero-order valence-electron chi connectivity index (χ0n) is 18.1. The molecule has 35 heavy (non-hydrogen) atoms. The number of hydrogen-bond donors (Lipinski definition) is 2. The van der Waals surface area contributed by atoms with E-state index in [0.29, 0.717) is 15.9 Å². The Morgan fingerprint density at radius 3 is 2.71 bits per heavy atom. The monoisotopic (exact) mass is 524 g/mol. The number of nitrogens with two attached hydrogens (primary N) is 1. The van der Waals surface area contributed by atoms with Gasteiger partial charge in [0.25, 0.3) is 0 Å². The van der Waals surface area contributed by atoms with Crippen molar-refractivity contribution in [2.45, 2.75) is 31.7 Å². The summed E-state index contributed by atoms with van der Waals surface area (Å²) in [4.78, 5) is 38.3. The highest BCUT2D eigenvalue weighted by Crippen LogP contribution is 2.31. The van der Waals surface area contributed by atoms with E-state index in [-0.39, 0.29) is 42.4 Å². The second kappa shape index (κ2) is 10.1. The van der Waals surface area contributed by atoms with Gasteiger partial charge in [-0.25, -0.2) is 13.6 Å². The van der Waals surface area contributed by atoms with Gasteiger partial charge in [-0.15, -0.1) is 0 Å². The molecular formula is C23H20Cl2F2N4O4. The fourth-order valence-electron chi connectivity index (χ4n) is 4.08. The number of ether oxygens (including phenoxy) is 1. The van der Waals surface area contributed by atoms with Crippen molar-refractivity contribution < 1.29 is 27.9 Å². The number of nitrogens with one attached hydrogen (secondary N) is 1. The van der Waals surface area contributed by atoms with Crippen LogP contribution in [0.1, 0.15) is 12.0 Å². The van der Waals surface area contributed by atoms with Crippen molar-refractivity contribution in [1.82, 2.24) is 14.8 Å². The van der Waals surface area contributed by atoms with E-state index in [2.05, 4.69) is 5.32 Å². The van der Waals surface area contributed by atoms with E-state index >= 15 is 0 Å². The number of carbonyl (C=O) groups is 3. The van der Waals surface area contributed by atoms with Crippen LogP contribution in [0.4, 0.5) is 13.6 Å². The van der Waals surface area contributed by atoms with E-state index in [1.807, 2.05) is 0 Å². The molecule has 2 heterocycles. The van der Waals surface area contributed by atoms with Crippen LogP contribution in [0.15, 0.2) is 42.6 Å². The Labute approximate surface area is 208 Å². The van der Waals surface area contributed by atoms with Crippen LogP contribution in [0.2, 0.25) is 10.0 Å². The molecule has 0 aliphatic carbocycles. The lowest BCUT2D eigenvalue weighted by Crippen LogP contribution is -2.46. The molecule has 0 spiro atoms. The molecule has 3 amide bonds. The lowest BCUT2D eigenvalue weighted by atomic mass is 10.1. The van der Waals surface area contributed by atoms with E-state index in [1.54, 1.807) is 24.3 Å². The summed E-state index contributed by atoms with van der Waals surface area (Å²) in [6.45, 7) is -0.722. The number of amides is 3. The molecule has 4 rings (SSSR count). The standard InChI is InChI=1S/C23H20Cl2F2N4O4/c24-13-4-5-15-17(6-13)30(10-19(15)35-23(28)34)11-20(32)31-9-14(26)7-18(31)22(33)29-8-12-2-1-3-16(25)21(12)27/h1-6,10,14,18H,7-9,11H2,(H2,28,34)(H,29,33)/t14-,18+/m1/s1. The first-order valence-electron chi connectivity index (χ1n) is 10.5. The van der Waals surface area contributed by atoms with Gasteiger partial charge in [-0.2, -0.15) is 0 Å². The molecule has 1 aliphatic rings. The molecule has 2 aromatic carbocycles. The first-order chi connectivity index (χ1) is 16.6. The van der Waals surface area contributed by atoms with Crippen molar-refractivity contribution in [3.63, 3.8) is 0 Å². The third-order valence-corrected chi connectivity index (χ3v) is 6.21. The molecule has 1 aromatic heterocycles. The molecule has 12 heteroatoms. The average molecular weight is 525 g/mol. The topological polar surface area (TPSA) is 107 Å². The van der Waals surface area contributed by atoms with E-state index < -0.39 is 35.9 Å². The maximum Gasteiger partial charge on any atom is 0.410 e. The van der Waals surface area contributed by atoms with Crippen LogP contribution in [0.3, 0.4) is 0 Å². The second-order valence-corrected chi connectivity index (χ2v) is 8.87. The third kappa shape index (κ3) is 5.33. The number of alkyl halides is 1. The van der Waals surface area contributed by atoms with Gasteiger partial charge < -0.3 is 25.3 Å². The number of nitrogens with zero attached hydrogens (tertiary/aromatic N) is 2. The van der Waals surface area contributed by atoms with Gasteiger partial charge >= 0.3 is 6.09 Å². The van der Waals surface area contributed by atoms with Crippen LogP contribution in [0, 0.1) is 5.82 Å². The molecule has 0 bridgehead atoms. The number of fused-ring (bicyclic) bond motifs is 1. The van der Waals surface area contributed by atoms with E-state index in [9.17, 15) is 23.2 Å². The summed E-state index contributed by atoms with van der Waals surface area (Å²) in [6.07, 6.45) is -1.21. The van der Waals surface area contributed by atoms with Gasteiger partial charge in [0.2, 0.25) is 11.8 Å². The summed E-state index contributed by atoms with van der Waals surface area (Å²) < 4.78 is 34.9. The molecule has 1 aliphatic heterocycles. The first-order valence-corrected chi connectivity index (χ1v) is 11.3. The quantitative estimate of drug-likeness (QED) is 0.511. The van der Waals surface area contributed by atoms with Crippen molar-refractivity contribution in [3.05, 3.63) is 64.0 Å². The number of benzene rings is 2. The highest BCUT2D eigenvalue weighted by molar-refractivity contribution is 6.31. The molecule has 0 radical (unpaired) electrons. The van der Waals surface area contributed by atoms with Crippen LogP contribution >= 0.6 is 23.2 Å². The molecule has 0 unspecified atom stereocenters. The van der Waals surface area contributed by atoms with Crippen LogP contribution in [0.25, 0.3) is 10.9 Å². The maximum absolute atomic E-state index is 14.3. The van der Waals surface area contributed by atoms with Gasteiger partial charge in [0.05, 0.1) is 17.1 Å². The van der Waals surface area contributed by atoms with Crippen LogP contribution < -0.4 is 15.8 Å². The summed E-state index contributed by atoms with van der Waals surface area (Å²) in [5.74, 6) is -1.69. The van der Waals surface area contributed by atoms with Gasteiger partial charge in [-0.05, 0) is 24.3 Å². The predicted molar refractivity (Wildman–Crippen MR) is 125 cm³/mol. The zero-order chi connectivity index (χ0) is 25.3. The van der Waals surface area contributed by atoms with Gasteiger partial charge in [-0.3, -0.25) is 9.59 Å². The number of primary amides is 1. The number of halogens is 4. The minimum atomic E-state index is -1.40. The number of rotatable bonds is 6. The maximum atomic E-state index is 14.3. The van der Waals surface area contributed by atoms with Crippen LogP contribution in [-0.4, -0.2) is 46.1 Å². The van der Waals surface area contributed by atoms with Gasteiger partial charge in [0, 0.05) is 35.1 Å². The molecule has 1 fully saturated rings. The Hall–Kier alpha value is -3.37. The van der Waals surface area contributed by atoms with Gasteiger partial charge in [0.1, 0.15) is 24.6 Å². The molecule has 1 saturated heterocycles.